The summed E-state index contributed by atoms with van der Waals surface area (Å²) in [5, 5.41) is 2.39. The molecule has 1 aromatic carbocycles. The maximum atomic E-state index is 12.3. The summed E-state index contributed by atoms with van der Waals surface area (Å²) in [6, 6.07) is 1.61. The Balaban J connectivity index is 3.00. The van der Waals surface area contributed by atoms with Crippen LogP contribution in [0.3, 0.4) is 0 Å². The number of rotatable bonds is 6. The van der Waals surface area contributed by atoms with E-state index < -0.39 is 22.0 Å². The molecule has 0 saturated heterocycles. The van der Waals surface area contributed by atoms with Crippen molar-refractivity contribution in [3.05, 3.63) is 22.2 Å². The van der Waals surface area contributed by atoms with Crippen LogP contribution in [0.2, 0.25) is 10.0 Å². The minimum Gasteiger partial charge on any atom is -0.399 e. The zero-order valence-corrected chi connectivity index (χ0v) is 13.9. The first-order chi connectivity index (χ1) is 9.69. The van der Waals surface area contributed by atoms with Gasteiger partial charge in [-0.2, -0.15) is 4.72 Å². The first kappa shape index (κ1) is 18.0. The topological polar surface area (TPSA) is 101 Å². The van der Waals surface area contributed by atoms with Gasteiger partial charge in [0.1, 0.15) is 4.90 Å². The Morgan fingerprint density at radius 3 is 2.33 bits per heavy atom. The van der Waals surface area contributed by atoms with Crippen LogP contribution in [0.15, 0.2) is 17.0 Å². The number of sulfonamides is 1. The summed E-state index contributed by atoms with van der Waals surface area (Å²) in [6.07, 6.45) is 0.751. The summed E-state index contributed by atoms with van der Waals surface area (Å²) in [5.41, 5.74) is 5.78. The minimum absolute atomic E-state index is 0.103. The minimum atomic E-state index is -4.04. The highest BCUT2D eigenvalue weighted by Crippen LogP contribution is 2.31. The number of carbonyl (C=O) groups is 1. The number of hydrogen-bond donors (Lipinski definition) is 3. The van der Waals surface area contributed by atoms with Crippen molar-refractivity contribution in [2.45, 2.75) is 31.2 Å². The molecule has 118 valence electrons. The van der Waals surface area contributed by atoms with Gasteiger partial charge in [-0.1, -0.05) is 30.1 Å². The van der Waals surface area contributed by atoms with Gasteiger partial charge in [0.15, 0.2) is 0 Å². The largest absolute Gasteiger partial charge is 0.399 e. The molecule has 0 aliphatic carbocycles. The first-order valence-corrected chi connectivity index (χ1v) is 8.47. The molecule has 6 nitrogen and oxygen atoms in total. The summed E-state index contributed by atoms with van der Waals surface area (Å²) in [4.78, 5) is 11.4. The molecule has 0 aliphatic rings. The predicted octanol–water partition coefficient (Wildman–Crippen LogP) is 1.77. The summed E-state index contributed by atoms with van der Waals surface area (Å²) < 4.78 is 26.8. The Morgan fingerprint density at radius 2 is 1.86 bits per heavy atom. The fourth-order valence-electron chi connectivity index (χ4n) is 1.58. The third kappa shape index (κ3) is 4.74. The van der Waals surface area contributed by atoms with Crippen molar-refractivity contribution in [2.75, 3.05) is 12.3 Å². The molecule has 0 spiro atoms. The highest BCUT2D eigenvalue weighted by Gasteiger charge is 2.26. The Labute approximate surface area is 134 Å². The second-order valence-corrected chi connectivity index (χ2v) is 6.91. The molecular formula is C12H17Cl2N3O3S. The van der Waals surface area contributed by atoms with E-state index in [1.165, 1.54) is 19.1 Å². The van der Waals surface area contributed by atoms with Gasteiger partial charge < -0.3 is 11.1 Å². The standard InChI is InChI=1S/C12H17Cl2N3O3S/c1-3-4-16-12(18)7(2)17-21(19,20)11-9(13)5-8(15)6-10(11)14/h5-7,17H,3-4,15H2,1-2H3,(H,16,18). The van der Waals surface area contributed by atoms with E-state index >= 15 is 0 Å². The van der Waals surface area contributed by atoms with Crippen LogP contribution in [0.25, 0.3) is 0 Å². The first-order valence-electron chi connectivity index (χ1n) is 6.23. The number of carbonyl (C=O) groups excluding carboxylic acids is 1. The molecule has 1 aromatic rings. The molecule has 9 heteroatoms. The number of nitrogen functional groups attached to an aromatic ring is 1. The number of halogens is 2. The van der Waals surface area contributed by atoms with Crippen LogP contribution in [-0.2, 0) is 14.8 Å². The van der Waals surface area contributed by atoms with Crippen molar-refractivity contribution in [3.63, 3.8) is 0 Å². The SMILES string of the molecule is CCCNC(=O)C(C)NS(=O)(=O)c1c(Cl)cc(N)cc1Cl. The number of hydrogen-bond acceptors (Lipinski definition) is 4. The Hall–Kier alpha value is -1.02. The highest BCUT2D eigenvalue weighted by atomic mass is 35.5. The van der Waals surface area contributed by atoms with Crippen LogP contribution in [-0.4, -0.2) is 26.9 Å². The number of benzene rings is 1. The Kier molecular flexibility index (Phi) is 6.27. The Bertz CT molecular complexity index is 612. The lowest BCUT2D eigenvalue weighted by molar-refractivity contribution is -0.122. The van der Waals surface area contributed by atoms with Crippen molar-refractivity contribution in [3.8, 4) is 0 Å². The summed E-state index contributed by atoms with van der Waals surface area (Å²) in [6.45, 7) is 3.79. The number of nitrogens with one attached hydrogen (secondary N) is 2. The molecule has 0 aliphatic heterocycles. The predicted molar refractivity (Wildman–Crippen MR) is 84.0 cm³/mol. The monoisotopic (exact) mass is 353 g/mol. The number of nitrogens with two attached hydrogens (primary N) is 1. The normalized spacial score (nSPS) is 13.0. The molecule has 0 bridgehead atoms. The van der Waals surface area contributed by atoms with E-state index in [9.17, 15) is 13.2 Å². The Morgan fingerprint density at radius 1 is 1.33 bits per heavy atom. The van der Waals surface area contributed by atoms with Crippen LogP contribution in [0.4, 0.5) is 5.69 Å². The highest BCUT2D eigenvalue weighted by molar-refractivity contribution is 7.89. The number of amides is 1. The van der Waals surface area contributed by atoms with Crippen molar-refractivity contribution >= 4 is 44.8 Å². The van der Waals surface area contributed by atoms with E-state index in [1.54, 1.807) is 0 Å². The van der Waals surface area contributed by atoms with Crippen LogP contribution in [0.1, 0.15) is 20.3 Å². The fraction of sp³-hybridized carbons (Fsp3) is 0.417. The van der Waals surface area contributed by atoms with E-state index in [4.69, 9.17) is 28.9 Å². The lowest BCUT2D eigenvalue weighted by Crippen LogP contribution is -2.45. The van der Waals surface area contributed by atoms with Gasteiger partial charge in [0.05, 0.1) is 16.1 Å². The quantitative estimate of drug-likeness (QED) is 0.678. The average Bonchev–Trinajstić information content (AvgIpc) is 2.33. The molecule has 0 heterocycles. The van der Waals surface area contributed by atoms with Crippen molar-refractivity contribution in [1.29, 1.82) is 0 Å². The van der Waals surface area contributed by atoms with E-state index in [1.807, 2.05) is 6.92 Å². The van der Waals surface area contributed by atoms with Crippen LogP contribution < -0.4 is 15.8 Å². The maximum Gasteiger partial charge on any atom is 0.244 e. The zero-order chi connectivity index (χ0) is 16.2. The van der Waals surface area contributed by atoms with E-state index in [2.05, 4.69) is 10.0 Å². The van der Waals surface area contributed by atoms with Crippen molar-refractivity contribution in [1.82, 2.24) is 10.0 Å². The van der Waals surface area contributed by atoms with Gasteiger partial charge in [0.2, 0.25) is 15.9 Å². The van der Waals surface area contributed by atoms with Gasteiger partial charge in [-0.3, -0.25) is 4.79 Å². The zero-order valence-electron chi connectivity index (χ0n) is 11.6. The second kappa shape index (κ2) is 7.31. The lowest BCUT2D eigenvalue weighted by atomic mass is 10.3. The molecular weight excluding hydrogens is 337 g/mol. The number of anilines is 1. The third-order valence-electron chi connectivity index (χ3n) is 2.56. The smallest absolute Gasteiger partial charge is 0.244 e. The average molecular weight is 354 g/mol. The van der Waals surface area contributed by atoms with Crippen LogP contribution in [0, 0.1) is 0 Å². The molecule has 1 rings (SSSR count). The molecule has 0 aromatic heterocycles. The van der Waals surface area contributed by atoms with Crippen LogP contribution in [0.5, 0.6) is 0 Å². The summed E-state index contributed by atoms with van der Waals surface area (Å²) in [5.74, 6) is -0.428. The third-order valence-corrected chi connectivity index (χ3v) is 5.03. The molecule has 21 heavy (non-hydrogen) atoms. The van der Waals surface area contributed by atoms with Gasteiger partial charge in [-0.25, -0.2) is 8.42 Å². The molecule has 0 saturated carbocycles. The van der Waals surface area contributed by atoms with E-state index in [0.29, 0.717) is 6.54 Å². The van der Waals surface area contributed by atoms with Gasteiger partial charge in [-0.15, -0.1) is 0 Å². The maximum absolute atomic E-state index is 12.3. The molecule has 1 atom stereocenters. The van der Waals surface area contributed by atoms with Gasteiger partial charge in [-0.05, 0) is 25.5 Å². The van der Waals surface area contributed by atoms with Crippen molar-refractivity contribution < 1.29 is 13.2 Å². The molecule has 0 fully saturated rings. The molecule has 1 unspecified atom stereocenters. The van der Waals surface area contributed by atoms with E-state index in [0.717, 1.165) is 6.42 Å². The fourth-order valence-corrected chi connectivity index (χ4v) is 4.02. The molecule has 1 amide bonds. The summed E-state index contributed by atoms with van der Waals surface area (Å²) in [7, 11) is -4.04. The summed E-state index contributed by atoms with van der Waals surface area (Å²) >= 11 is 11.8. The lowest BCUT2D eigenvalue weighted by Gasteiger charge is -2.16. The van der Waals surface area contributed by atoms with Gasteiger partial charge >= 0.3 is 0 Å². The molecule has 0 radical (unpaired) electrons. The second-order valence-electron chi connectivity index (χ2n) is 4.45. The van der Waals surface area contributed by atoms with Crippen LogP contribution >= 0.6 is 23.2 Å². The van der Waals surface area contributed by atoms with Gasteiger partial charge in [0.25, 0.3) is 0 Å². The molecule has 4 N–H and O–H groups in total. The van der Waals surface area contributed by atoms with Crippen molar-refractivity contribution in [2.24, 2.45) is 0 Å². The van der Waals surface area contributed by atoms with E-state index in [-0.39, 0.29) is 20.6 Å². The van der Waals surface area contributed by atoms with Gasteiger partial charge in [0, 0.05) is 12.2 Å².